The third kappa shape index (κ3) is 9.58. The van der Waals surface area contributed by atoms with Crippen LogP contribution in [0, 0.1) is 12.8 Å². The van der Waals surface area contributed by atoms with Gasteiger partial charge >= 0.3 is 12.0 Å². The third-order valence-electron chi connectivity index (χ3n) is 6.21. The van der Waals surface area contributed by atoms with Gasteiger partial charge in [0.2, 0.25) is 11.8 Å². The second kappa shape index (κ2) is 14.5. The number of benzene rings is 3. The van der Waals surface area contributed by atoms with Gasteiger partial charge in [0.1, 0.15) is 0 Å². The largest absolute Gasteiger partial charge is 0.479 e. The number of carboxylic acids is 1. The summed E-state index contributed by atoms with van der Waals surface area (Å²) in [6.07, 6.45) is 0.605. The van der Waals surface area contributed by atoms with Gasteiger partial charge in [0.25, 0.3) is 0 Å². The molecule has 9 nitrogen and oxygen atoms in total. The van der Waals surface area contributed by atoms with Crippen LogP contribution in [0.3, 0.4) is 0 Å². The number of rotatable bonds is 12. The summed E-state index contributed by atoms with van der Waals surface area (Å²) in [7, 11) is 0. The normalized spacial score (nSPS) is 12.2. The molecule has 3 aromatic rings. The highest BCUT2D eigenvalue weighted by molar-refractivity contribution is 6.00. The molecule has 210 valence electrons. The van der Waals surface area contributed by atoms with E-state index in [0.717, 1.165) is 16.8 Å². The quantitative estimate of drug-likeness (QED) is 0.217. The summed E-state index contributed by atoms with van der Waals surface area (Å²) in [5.41, 5.74) is 3.46. The molecule has 3 aromatic carbocycles. The molecule has 0 fully saturated rings. The first kappa shape index (κ1) is 29.9. The van der Waals surface area contributed by atoms with Gasteiger partial charge in [0, 0.05) is 23.8 Å². The first-order valence-corrected chi connectivity index (χ1v) is 13.2. The Labute approximate surface area is 234 Å². The van der Waals surface area contributed by atoms with Gasteiger partial charge in [-0.1, -0.05) is 74.5 Å². The van der Waals surface area contributed by atoms with Gasteiger partial charge in [0.05, 0.1) is 6.42 Å². The Morgan fingerprint density at radius 1 is 0.775 bits per heavy atom. The Bertz CT molecular complexity index is 1310. The summed E-state index contributed by atoms with van der Waals surface area (Å²) in [5.74, 6) is -1.66. The summed E-state index contributed by atoms with van der Waals surface area (Å²) >= 11 is 0. The molecule has 40 heavy (non-hydrogen) atoms. The maximum atomic E-state index is 12.8. The van der Waals surface area contributed by atoms with E-state index in [2.05, 4.69) is 21.3 Å². The highest BCUT2D eigenvalue weighted by Crippen LogP contribution is 2.17. The summed E-state index contributed by atoms with van der Waals surface area (Å²) in [5, 5.41) is 20.7. The first-order chi connectivity index (χ1) is 19.1. The summed E-state index contributed by atoms with van der Waals surface area (Å²) in [4.78, 5) is 49.7. The van der Waals surface area contributed by atoms with Crippen molar-refractivity contribution in [3.8, 4) is 0 Å². The number of nitrogens with one attached hydrogen (secondary N) is 4. The molecule has 0 radical (unpaired) electrons. The number of hydrogen-bond acceptors (Lipinski definition) is 4. The molecule has 0 spiro atoms. The Hall–Kier alpha value is -4.66. The summed E-state index contributed by atoms with van der Waals surface area (Å²) in [6, 6.07) is 20.9. The SMILES string of the molecule is Cc1ccccc1NC(=O)Nc1ccc(CC(=O)N[C@H](CC(=O)N[C@@H](C(=O)O)c2ccccc2)CC(C)C)cc1. The monoisotopic (exact) mass is 544 g/mol. The van der Waals surface area contributed by atoms with E-state index in [1.165, 1.54) is 0 Å². The first-order valence-electron chi connectivity index (χ1n) is 13.2. The maximum absolute atomic E-state index is 12.8. The van der Waals surface area contributed by atoms with E-state index in [0.29, 0.717) is 17.7 Å². The third-order valence-corrected chi connectivity index (χ3v) is 6.21. The predicted molar refractivity (Wildman–Crippen MR) is 155 cm³/mol. The van der Waals surface area contributed by atoms with E-state index in [1.54, 1.807) is 54.6 Å². The Morgan fingerprint density at radius 3 is 2.05 bits per heavy atom. The van der Waals surface area contributed by atoms with Crippen LogP contribution < -0.4 is 21.3 Å². The van der Waals surface area contributed by atoms with Crippen LogP contribution in [0.4, 0.5) is 16.2 Å². The minimum absolute atomic E-state index is 0.0423. The molecule has 0 saturated heterocycles. The van der Waals surface area contributed by atoms with Crippen LogP contribution in [-0.2, 0) is 20.8 Å². The zero-order valence-corrected chi connectivity index (χ0v) is 22.9. The topological polar surface area (TPSA) is 137 Å². The van der Waals surface area contributed by atoms with Crippen molar-refractivity contribution in [1.29, 1.82) is 0 Å². The minimum Gasteiger partial charge on any atom is -0.479 e. The van der Waals surface area contributed by atoms with E-state index in [1.807, 2.05) is 45.0 Å². The molecule has 0 aromatic heterocycles. The molecular formula is C31H36N4O5. The van der Waals surface area contributed by atoms with Crippen LogP contribution in [0.2, 0.25) is 0 Å². The lowest BCUT2D eigenvalue weighted by atomic mass is 9.99. The number of anilines is 2. The molecular weight excluding hydrogens is 508 g/mol. The van der Waals surface area contributed by atoms with Crippen molar-refractivity contribution in [1.82, 2.24) is 10.6 Å². The van der Waals surface area contributed by atoms with Crippen molar-refractivity contribution in [2.24, 2.45) is 5.92 Å². The number of aryl methyl sites for hydroxylation is 1. The molecule has 0 aliphatic rings. The number of carbonyl (C=O) groups is 4. The molecule has 0 aliphatic carbocycles. The molecule has 9 heteroatoms. The van der Waals surface area contributed by atoms with Crippen molar-refractivity contribution in [2.75, 3.05) is 10.6 Å². The fourth-order valence-electron chi connectivity index (χ4n) is 4.31. The standard InChI is InChI=1S/C31H36N4O5/c1-20(2)17-25(19-28(37)35-29(30(38)39)23-10-5-4-6-11-23)32-27(36)18-22-13-15-24(16-14-22)33-31(40)34-26-12-8-7-9-21(26)3/h4-16,20,25,29H,17-19H2,1-3H3,(H,32,36)(H,35,37)(H,38,39)(H2,33,34,40)/t25-,29+/m0/s1. The highest BCUT2D eigenvalue weighted by Gasteiger charge is 2.24. The average Bonchev–Trinajstić information content (AvgIpc) is 2.89. The molecule has 5 N–H and O–H groups in total. The summed E-state index contributed by atoms with van der Waals surface area (Å²) in [6.45, 7) is 5.88. The van der Waals surface area contributed by atoms with Crippen LogP contribution in [0.1, 0.15) is 49.4 Å². The fraction of sp³-hybridized carbons (Fsp3) is 0.290. The predicted octanol–water partition coefficient (Wildman–Crippen LogP) is 5.04. The van der Waals surface area contributed by atoms with E-state index >= 15 is 0 Å². The van der Waals surface area contributed by atoms with Crippen molar-refractivity contribution >= 4 is 35.2 Å². The van der Waals surface area contributed by atoms with Crippen LogP contribution >= 0.6 is 0 Å². The van der Waals surface area contributed by atoms with Crippen molar-refractivity contribution in [2.45, 2.75) is 52.1 Å². The number of aliphatic carboxylic acids is 1. The van der Waals surface area contributed by atoms with Gasteiger partial charge in [-0.2, -0.15) is 0 Å². The van der Waals surface area contributed by atoms with Crippen LogP contribution in [0.5, 0.6) is 0 Å². The second-order valence-electron chi connectivity index (χ2n) is 10.1. The van der Waals surface area contributed by atoms with Gasteiger partial charge in [-0.05, 0) is 54.2 Å². The van der Waals surface area contributed by atoms with E-state index < -0.39 is 24.0 Å². The van der Waals surface area contributed by atoms with E-state index in [-0.39, 0.29) is 30.7 Å². The number of hydrogen-bond donors (Lipinski definition) is 5. The van der Waals surface area contributed by atoms with Gasteiger partial charge in [0.15, 0.2) is 6.04 Å². The molecule has 0 unspecified atom stereocenters. The van der Waals surface area contributed by atoms with Crippen molar-refractivity contribution < 1.29 is 24.3 Å². The Balaban J connectivity index is 1.54. The number of urea groups is 1. The zero-order chi connectivity index (χ0) is 29.1. The van der Waals surface area contributed by atoms with E-state index in [9.17, 15) is 24.3 Å². The number of carboxylic acid groups (broad SMARTS) is 1. The number of para-hydroxylation sites is 1. The summed E-state index contributed by atoms with van der Waals surface area (Å²) < 4.78 is 0. The van der Waals surface area contributed by atoms with Crippen LogP contribution in [-0.4, -0.2) is 35.0 Å². The Kier molecular flexibility index (Phi) is 10.8. The lowest BCUT2D eigenvalue weighted by molar-refractivity contribution is -0.142. The highest BCUT2D eigenvalue weighted by atomic mass is 16.4. The molecule has 3 rings (SSSR count). The Morgan fingerprint density at radius 2 is 1.43 bits per heavy atom. The fourth-order valence-corrected chi connectivity index (χ4v) is 4.31. The van der Waals surface area contributed by atoms with Crippen molar-refractivity contribution in [3.63, 3.8) is 0 Å². The molecule has 0 heterocycles. The molecule has 2 atom stereocenters. The number of carbonyl (C=O) groups excluding carboxylic acids is 3. The second-order valence-corrected chi connectivity index (χ2v) is 10.1. The maximum Gasteiger partial charge on any atom is 0.330 e. The lowest BCUT2D eigenvalue weighted by Gasteiger charge is -2.22. The number of amides is 4. The van der Waals surface area contributed by atoms with Gasteiger partial charge in [-0.3, -0.25) is 9.59 Å². The van der Waals surface area contributed by atoms with Gasteiger partial charge in [-0.25, -0.2) is 9.59 Å². The lowest BCUT2D eigenvalue weighted by Crippen LogP contribution is -2.42. The van der Waals surface area contributed by atoms with Gasteiger partial charge < -0.3 is 26.4 Å². The molecule has 0 aliphatic heterocycles. The van der Waals surface area contributed by atoms with E-state index in [4.69, 9.17) is 0 Å². The van der Waals surface area contributed by atoms with Crippen LogP contribution in [0.25, 0.3) is 0 Å². The van der Waals surface area contributed by atoms with Crippen molar-refractivity contribution in [3.05, 3.63) is 95.6 Å². The molecule has 4 amide bonds. The molecule has 0 saturated carbocycles. The zero-order valence-electron chi connectivity index (χ0n) is 22.9. The minimum atomic E-state index is -1.17. The van der Waals surface area contributed by atoms with Crippen LogP contribution in [0.15, 0.2) is 78.9 Å². The van der Waals surface area contributed by atoms with Gasteiger partial charge in [-0.15, -0.1) is 0 Å². The average molecular weight is 545 g/mol. The smallest absolute Gasteiger partial charge is 0.330 e. The molecule has 0 bridgehead atoms.